The molecular formula is C14H16N4O. The summed E-state index contributed by atoms with van der Waals surface area (Å²) in [6, 6.07) is 2.03. The molecule has 0 radical (unpaired) electrons. The highest BCUT2D eigenvalue weighted by Gasteiger charge is 2.12. The molecule has 98 valence electrons. The molecule has 0 aromatic carbocycles. The molecular weight excluding hydrogens is 240 g/mol. The molecule has 0 saturated heterocycles. The third-order valence-corrected chi connectivity index (χ3v) is 3.29. The fourth-order valence-corrected chi connectivity index (χ4v) is 2.29. The Morgan fingerprint density at radius 1 is 1.16 bits per heavy atom. The minimum Gasteiger partial charge on any atom is -0.494 e. The maximum atomic E-state index is 5.51. The fourth-order valence-electron chi connectivity index (χ4n) is 2.29. The van der Waals surface area contributed by atoms with Gasteiger partial charge in [-0.3, -0.25) is 4.68 Å². The minimum absolute atomic E-state index is 0.843. The second-order valence-electron chi connectivity index (χ2n) is 4.52. The monoisotopic (exact) mass is 256 g/mol. The van der Waals surface area contributed by atoms with Gasteiger partial charge in [-0.05, 0) is 12.5 Å². The van der Waals surface area contributed by atoms with E-state index in [9.17, 15) is 0 Å². The van der Waals surface area contributed by atoms with Gasteiger partial charge in [0.1, 0.15) is 11.3 Å². The number of hydrogen-bond acceptors (Lipinski definition) is 3. The molecule has 0 N–H and O–H groups in total. The van der Waals surface area contributed by atoms with Gasteiger partial charge in [0, 0.05) is 36.1 Å². The van der Waals surface area contributed by atoms with E-state index in [0.717, 1.165) is 28.8 Å². The lowest BCUT2D eigenvalue weighted by Crippen LogP contribution is -1.94. The number of nitrogens with zero attached hydrogens (tertiary/aromatic N) is 4. The van der Waals surface area contributed by atoms with E-state index < -0.39 is 0 Å². The zero-order chi connectivity index (χ0) is 13.4. The van der Waals surface area contributed by atoms with Crippen molar-refractivity contribution in [3.63, 3.8) is 0 Å². The molecule has 5 heteroatoms. The largest absolute Gasteiger partial charge is 0.494 e. The Morgan fingerprint density at radius 3 is 2.63 bits per heavy atom. The summed E-state index contributed by atoms with van der Waals surface area (Å²) in [5, 5.41) is 8.60. The Bertz CT molecular complexity index is 726. The number of fused-ring (bicyclic) bond motifs is 1. The predicted molar refractivity (Wildman–Crippen MR) is 73.3 cm³/mol. The number of methoxy groups -OCH3 is 1. The van der Waals surface area contributed by atoms with Gasteiger partial charge in [0.2, 0.25) is 0 Å². The van der Waals surface area contributed by atoms with Gasteiger partial charge in [-0.25, -0.2) is 4.52 Å². The quantitative estimate of drug-likeness (QED) is 0.722. The van der Waals surface area contributed by atoms with Crippen LogP contribution in [0.2, 0.25) is 0 Å². The summed E-state index contributed by atoms with van der Waals surface area (Å²) in [5.41, 5.74) is 4.33. The van der Waals surface area contributed by atoms with Crippen molar-refractivity contribution in [2.45, 2.75) is 13.3 Å². The van der Waals surface area contributed by atoms with Crippen LogP contribution in [0.4, 0.5) is 0 Å². The van der Waals surface area contributed by atoms with E-state index in [1.807, 2.05) is 42.4 Å². The highest BCUT2D eigenvalue weighted by Crippen LogP contribution is 2.29. The summed E-state index contributed by atoms with van der Waals surface area (Å²) in [4.78, 5) is 0. The summed E-state index contributed by atoms with van der Waals surface area (Å²) in [6.07, 6.45) is 8.65. The van der Waals surface area contributed by atoms with Gasteiger partial charge >= 0.3 is 0 Å². The lowest BCUT2D eigenvalue weighted by molar-refractivity contribution is 0.417. The van der Waals surface area contributed by atoms with Crippen LogP contribution in [0.5, 0.6) is 5.75 Å². The first-order valence-electron chi connectivity index (χ1n) is 6.26. The van der Waals surface area contributed by atoms with E-state index in [1.165, 1.54) is 5.56 Å². The van der Waals surface area contributed by atoms with Crippen LogP contribution in [0.15, 0.2) is 30.9 Å². The SMILES string of the molecule is CCc1cnn2cc(-c3cnn(C)c3)cc(OC)c12. The van der Waals surface area contributed by atoms with Gasteiger partial charge in [0.05, 0.1) is 19.5 Å². The van der Waals surface area contributed by atoms with Crippen LogP contribution in [0.3, 0.4) is 0 Å². The fraction of sp³-hybridized carbons (Fsp3) is 0.286. The summed E-state index contributed by atoms with van der Waals surface area (Å²) in [5.74, 6) is 0.843. The number of pyridine rings is 1. The molecule has 19 heavy (non-hydrogen) atoms. The Labute approximate surface area is 111 Å². The summed E-state index contributed by atoms with van der Waals surface area (Å²) < 4.78 is 9.17. The molecule has 0 aliphatic carbocycles. The predicted octanol–water partition coefficient (Wildman–Crippen LogP) is 2.31. The standard InChI is InChI=1S/C14H16N4O/c1-4-10-6-16-18-9-11(5-13(19-3)14(10)18)12-7-15-17(2)8-12/h5-9H,4H2,1-3H3. The second kappa shape index (κ2) is 4.42. The van der Waals surface area contributed by atoms with Crippen molar-refractivity contribution in [1.82, 2.24) is 19.4 Å². The lowest BCUT2D eigenvalue weighted by Gasteiger charge is -2.07. The summed E-state index contributed by atoms with van der Waals surface area (Å²) in [6.45, 7) is 2.12. The van der Waals surface area contributed by atoms with E-state index in [1.54, 1.807) is 11.8 Å². The topological polar surface area (TPSA) is 44.4 Å². The third-order valence-electron chi connectivity index (χ3n) is 3.29. The maximum absolute atomic E-state index is 5.51. The molecule has 0 bridgehead atoms. The van der Waals surface area contributed by atoms with Crippen LogP contribution < -0.4 is 4.74 Å². The average Bonchev–Trinajstić information content (AvgIpc) is 3.03. The van der Waals surface area contributed by atoms with Crippen molar-refractivity contribution in [1.29, 1.82) is 0 Å². The average molecular weight is 256 g/mol. The van der Waals surface area contributed by atoms with Gasteiger partial charge in [0.25, 0.3) is 0 Å². The highest BCUT2D eigenvalue weighted by molar-refractivity contribution is 5.72. The first-order chi connectivity index (χ1) is 9.22. The van der Waals surface area contributed by atoms with Crippen LogP contribution in [0, 0.1) is 0 Å². The molecule has 0 atom stereocenters. The second-order valence-corrected chi connectivity index (χ2v) is 4.52. The van der Waals surface area contributed by atoms with Crippen LogP contribution in [-0.4, -0.2) is 26.5 Å². The molecule has 3 rings (SSSR count). The normalized spacial score (nSPS) is 11.1. The Morgan fingerprint density at radius 2 is 2.00 bits per heavy atom. The maximum Gasteiger partial charge on any atom is 0.145 e. The molecule has 0 unspecified atom stereocenters. The number of aromatic nitrogens is 4. The molecule has 3 heterocycles. The van der Waals surface area contributed by atoms with E-state index in [4.69, 9.17) is 4.74 Å². The van der Waals surface area contributed by atoms with Gasteiger partial charge in [0.15, 0.2) is 0 Å². The Hall–Kier alpha value is -2.30. The first-order valence-corrected chi connectivity index (χ1v) is 6.26. The van der Waals surface area contributed by atoms with Gasteiger partial charge in [-0.1, -0.05) is 6.92 Å². The van der Waals surface area contributed by atoms with Crippen molar-refractivity contribution >= 4 is 5.52 Å². The number of ether oxygens (including phenoxy) is 1. The molecule has 0 saturated carbocycles. The van der Waals surface area contributed by atoms with Crippen LogP contribution in [0.1, 0.15) is 12.5 Å². The highest BCUT2D eigenvalue weighted by atomic mass is 16.5. The Balaban J connectivity index is 2.23. The molecule has 0 spiro atoms. The summed E-state index contributed by atoms with van der Waals surface area (Å²) >= 11 is 0. The Kier molecular flexibility index (Phi) is 2.74. The third kappa shape index (κ3) is 1.87. The van der Waals surface area contributed by atoms with E-state index in [0.29, 0.717) is 0 Å². The number of aryl methyl sites for hydroxylation is 2. The van der Waals surface area contributed by atoms with Gasteiger partial charge in [-0.15, -0.1) is 0 Å². The number of hydrogen-bond donors (Lipinski definition) is 0. The number of rotatable bonds is 3. The van der Waals surface area contributed by atoms with Gasteiger partial charge < -0.3 is 4.74 Å². The first kappa shape index (κ1) is 11.8. The van der Waals surface area contributed by atoms with Gasteiger partial charge in [-0.2, -0.15) is 10.2 Å². The molecule has 3 aromatic rings. The molecule has 0 fully saturated rings. The molecule has 0 aliphatic rings. The van der Waals surface area contributed by atoms with Crippen LogP contribution in [-0.2, 0) is 13.5 Å². The van der Waals surface area contributed by atoms with E-state index >= 15 is 0 Å². The van der Waals surface area contributed by atoms with Crippen molar-refractivity contribution in [3.8, 4) is 16.9 Å². The molecule has 5 nitrogen and oxygen atoms in total. The van der Waals surface area contributed by atoms with Crippen molar-refractivity contribution in [3.05, 3.63) is 36.4 Å². The van der Waals surface area contributed by atoms with E-state index in [2.05, 4.69) is 17.1 Å². The summed E-state index contributed by atoms with van der Waals surface area (Å²) in [7, 11) is 3.59. The van der Waals surface area contributed by atoms with E-state index in [-0.39, 0.29) is 0 Å². The van der Waals surface area contributed by atoms with Crippen molar-refractivity contribution in [2.75, 3.05) is 7.11 Å². The van der Waals surface area contributed by atoms with Crippen LogP contribution >= 0.6 is 0 Å². The zero-order valence-electron chi connectivity index (χ0n) is 11.3. The molecule has 3 aromatic heterocycles. The van der Waals surface area contributed by atoms with Crippen LogP contribution in [0.25, 0.3) is 16.6 Å². The zero-order valence-corrected chi connectivity index (χ0v) is 11.3. The molecule has 0 amide bonds. The molecule has 0 aliphatic heterocycles. The van der Waals surface area contributed by atoms with Crippen molar-refractivity contribution < 1.29 is 4.74 Å². The smallest absolute Gasteiger partial charge is 0.145 e. The van der Waals surface area contributed by atoms with Crippen molar-refractivity contribution in [2.24, 2.45) is 7.05 Å². The lowest BCUT2D eigenvalue weighted by atomic mass is 10.1. The minimum atomic E-state index is 0.843.